The number of thioether (sulfide) groups is 1. The van der Waals surface area contributed by atoms with Crippen LogP contribution in [-0.2, 0) is 15.3 Å². The molecule has 0 spiro atoms. The fourth-order valence-electron chi connectivity index (χ4n) is 1.89. The Morgan fingerprint density at radius 3 is 2.61 bits per heavy atom. The Balaban J connectivity index is 1.75. The zero-order chi connectivity index (χ0) is 13.0. The lowest BCUT2D eigenvalue weighted by molar-refractivity contribution is -0.141. The Hall–Kier alpha value is -1.03. The average molecular weight is 268 g/mol. The summed E-state index contributed by atoms with van der Waals surface area (Å²) >= 11 is 1.80. The fraction of sp³-hybridized carbons (Fsp3) is 0.500. The molecule has 2 nitrogen and oxygen atoms in total. The Morgan fingerprint density at radius 2 is 2.06 bits per heavy atom. The van der Waals surface area contributed by atoms with Crippen molar-refractivity contribution in [2.45, 2.75) is 25.0 Å². The normalized spacial score (nSPS) is 16.3. The van der Waals surface area contributed by atoms with Gasteiger partial charge in [0.1, 0.15) is 5.82 Å². The van der Waals surface area contributed by atoms with E-state index in [1.807, 2.05) is 12.1 Å². The van der Waals surface area contributed by atoms with E-state index in [1.54, 1.807) is 11.8 Å². The topological polar surface area (TPSA) is 26.3 Å². The van der Waals surface area contributed by atoms with Gasteiger partial charge < -0.3 is 4.74 Å². The predicted octanol–water partition coefficient (Wildman–Crippen LogP) is 3.40. The monoisotopic (exact) mass is 268 g/mol. The number of carbonyl (C=O) groups is 1. The van der Waals surface area contributed by atoms with E-state index in [4.69, 9.17) is 4.74 Å². The van der Waals surface area contributed by atoms with Crippen LogP contribution in [0.4, 0.5) is 4.39 Å². The van der Waals surface area contributed by atoms with Gasteiger partial charge in [0.25, 0.3) is 0 Å². The van der Waals surface area contributed by atoms with Gasteiger partial charge in [-0.1, -0.05) is 12.1 Å². The zero-order valence-electron chi connectivity index (χ0n) is 10.4. The minimum Gasteiger partial charge on any atom is -0.469 e. The molecule has 0 amide bonds. The average Bonchev–Trinajstić information content (AvgIpc) is 3.11. The number of esters is 1. The van der Waals surface area contributed by atoms with Gasteiger partial charge in [0.2, 0.25) is 0 Å². The molecule has 0 aromatic heterocycles. The summed E-state index contributed by atoms with van der Waals surface area (Å²) in [5, 5.41) is 0. The number of halogens is 1. The number of hydrogen-bond donors (Lipinski definition) is 0. The van der Waals surface area contributed by atoms with Crippen LogP contribution in [-0.4, -0.2) is 18.8 Å². The van der Waals surface area contributed by atoms with Gasteiger partial charge >= 0.3 is 5.97 Å². The number of rotatable bonds is 6. The van der Waals surface area contributed by atoms with E-state index in [-0.39, 0.29) is 17.2 Å². The van der Waals surface area contributed by atoms with Crippen LogP contribution in [0.25, 0.3) is 0 Å². The lowest BCUT2D eigenvalue weighted by Gasteiger charge is -2.12. The molecule has 1 fully saturated rings. The first-order chi connectivity index (χ1) is 8.63. The largest absolute Gasteiger partial charge is 0.469 e. The molecule has 0 unspecified atom stereocenters. The maximum absolute atomic E-state index is 12.7. The maximum Gasteiger partial charge on any atom is 0.306 e. The predicted molar refractivity (Wildman–Crippen MR) is 70.9 cm³/mol. The first-order valence-corrected chi connectivity index (χ1v) is 7.18. The van der Waals surface area contributed by atoms with Crippen molar-refractivity contribution in [1.82, 2.24) is 0 Å². The van der Waals surface area contributed by atoms with Crippen molar-refractivity contribution in [3.05, 3.63) is 35.6 Å². The van der Waals surface area contributed by atoms with Gasteiger partial charge in [-0.3, -0.25) is 4.79 Å². The van der Waals surface area contributed by atoms with Crippen LogP contribution in [0, 0.1) is 11.2 Å². The molecule has 0 N–H and O–H groups in total. The van der Waals surface area contributed by atoms with Crippen LogP contribution >= 0.6 is 11.8 Å². The summed E-state index contributed by atoms with van der Waals surface area (Å²) in [7, 11) is 1.43. The molecule has 4 heteroatoms. The van der Waals surface area contributed by atoms with Gasteiger partial charge in [-0.15, -0.1) is 0 Å². The SMILES string of the molecule is COC(=O)CC1(CSCc2ccc(F)cc2)CC1. The highest BCUT2D eigenvalue weighted by molar-refractivity contribution is 7.98. The Morgan fingerprint density at radius 1 is 1.39 bits per heavy atom. The van der Waals surface area contributed by atoms with Crippen molar-refractivity contribution in [1.29, 1.82) is 0 Å². The maximum atomic E-state index is 12.7. The third kappa shape index (κ3) is 3.73. The molecule has 0 aliphatic heterocycles. The van der Waals surface area contributed by atoms with Gasteiger partial charge in [-0.2, -0.15) is 11.8 Å². The number of hydrogen-bond acceptors (Lipinski definition) is 3. The molecule has 1 aliphatic carbocycles. The minimum absolute atomic E-state index is 0.116. The van der Waals surface area contributed by atoms with Gasteiger partial charge in [0.15, 0.2) is 0 Å². The van der Waals surface area contributed by atoms with Crippen molar-refractivity contribution < 1.29 is 13.9 Å². The minimum atomic E-state index is -0.201. The number of carbonyl (C=O) groups excluding carboxylic acids is 1. The Bertz CT molecular complexity index is 412. The van der Waals surface area contributed by atoms with Crippen LogP contribution in [0.3, 0.4) is 0 Å². The van der Waals surface area contributed by atoms with Crippen molar-refractivity contribution in [2.24, 2.45) is 5.41 Å². The van der Waals surface area contributed by atoms with Crippen LogP contribution in [0.5, 0.6) is 0 Å². The third-order valence-corrected chi connectivity index (χ3v) is 4.65. The molecule has 1 aromatic carbocycles. The highest BCUT2D eigenvalue weighted by Gasteiger charge is 2.44. The lowest BCUT2D eigenvalue weighted by atomic mass is 10.1. The van der Waals surface area contributed by atoms with Gasteiger partial charge in [-0.25, -0.2) is 4.39 Å². The molecule has 0 saturated heterocycles. The molecule has 1 aromatic rings. The molecule has 1 aliphatic rings. The van der Waals surface area contributed by atoms with Gasteiger partial charge in [0, 0.05) is 5.75 Å². The first-order valence-electron chi connectivity index (χ1n) is 6.03. The Kier molecular flexibility index (Phi) is 4.27. The molecular weight excluding hydrogens is 251 g/mol. The number of methoxy groups -OCH3 is 1. The number of ether oxygens (including phenoxy) is 1. The van der Waals surface area contributed by atoms with Crippen LogP contribution in [0.15, 0.2) is 24.3 Å². The van der Waals surface area contributed by atoms with Crippen molar-refractivity contribution in [3.63, 3.8) is 0 Å². The molecular formula is C14H17FO2S. The van der Waals surface area contributed by atoms with Crippen LogP contribution in [0.2, 0.25) is 0 Å². The van der Waals surface area contributed by atoms with E-state index >= 15 is 0 Å². The van der Waals surface area contributed by atoms with E-state index in [0.29, 0.717) is 6.42 Å². The molecule has 0 radical (unpaired) electrons. The second-order valence-corrected chi connectivity index (χ2v) is 5.86. The zero-order valence-corrected chi connectivity index (χ0v) is 11.3. The molecule has 0 bridgehead atoms. The van der Waals surface area contributed by atoms with E-state index in [2.05, 4.69) is 0 Å². The quantitative estimate of drug-likeness (QED) is 0.740. The number of benzene rings is 1. The lowest BCUT2D eigenvalue weighted by Crippen LogP contribution is -2.13. The molecule has 98 valence electrons. The summed E-state index contributed by atoms with van der Waals surface area (Å²) in [5.74, 6) is 1.52. The van der Waals surface area contributed by atoms with Crippen molar-refractivity contribution in [2.75, 3.05) is 12.9 Å². The second-order valence-electron chi connectivity index (χ2n) is 4.87. The van der Waals surface area contributed by atoms with E-state index < -0.39 is 0 Å². The standard InChI is InChI=1S/C14H17FO2S/c1-17-13(16)8-14(6-7-14)10-18-9-11-2-4-12(15)5-3-11/h2-5H,6-10H2,1H3. The fourth-order valence-corrected chi connectivity index (χ4v) is 3.25. The highest BCUT2D eigenvalue weighted by atomic mass is 32.2. The van der Waals surface area contributed by atoms with Crippen LogP contribution < -0.4 is 0 Å². The summed E-state index contributed by atoms with van der Waals surface area (Å²) < 4.78 is 17.4. The van der Waals surface area contributed by atoms with Gasteiger partial charge in [0.05, 0.1) is 13.5 Å². The highest BCUT2D eigenvalue weighted by Crippen LogP contribution is 2.51. The molecule has 0 heterocycles. The van der Waals surface area contributed by atoms with Crippen LogP contribution in [0.1, 0.15) is 24.8 Å². The molecule has 18 heavy (non-hydrogen) atoms. The third-order valence-electron chi connectivity index (χ3n) is 3.29. The summed E-state index contributed by atoms with van der Waals surface area (Å²) in [4.78, 5) is 11.3. The smallest absolute Gasteiger partial charge is 0.306 e. The molecule has 1 saturated carbocycles. The van der Waals surface area contributed by atoms with E-state index in [9.17, 15) is 9.18 Å². The summed E-state index contributed by atoms with van der Waals surface area (Å²) in [6.07, 6.45) is 2.75. The summed E-state index contributed by atoms with van der Waals surface area (Å²) in [6.45, 7) is 0. The van der Waals surface area contributed by atoms with Gasteiger partial charge in [-0.05, 0) is 41.7 Å². The Labute approximate surface area is 111 Å². The second kappa shape index (κ2) is 5.74. The van der Waals surface area contributed by atoms with Crippen molar-refractivity contribution in [3.8, 4) is 0 Å². The first kappa shape index (κ1) is 13.4. The van der Waals surface area contributed by atoms with E-state index in [1.165, 1.54) is 19.2 Å². The van der Waals surface area contributed by atoms with Crippen molar-refractivity contribution >= 4 is 17.7 Å². The molecule has 2 rings (SSSR count). The summed E-state index contributed by atoms with van der Waals surface area (Å²) in [5.41, 5.74) is 1.29. The van der Waals surface area contributed by atoms with E-state index in [0.717, 1.165) is 29.9 Å². The summed E-state index contributed by atoms with van der Waals surface area (Å²) in [6, 6.07) is 6.58. The molecule has 0 atom stereocenters.